The first kappa shape index (κ1) is 19.1. The minimum absolute atomic E-state index is 0.0323. The molecule has 1 unspecified atom stereocenters. The van der Waals surface area contributed by atoms with Crippen LogP contribution in [0.3, 0.4) is 0 Å². The predicted molar refractivity (Wildman–Crippen MR) is 115 cm³/mol. The smallest absolute Gasteiger partial charge is 0.250 e. The second kappa shape index (κ2) is 7.77. The van der Waals surface area contributed by atoms with E-state index in [0.29, 0.717) is 0 Å². The van der Waals surface area contributed by atoms with Crippen LogP contribution in [0.4, 0.5) is 5.82 Å². The average molecular weight is 416 g/mol. The fraction of sp³-hybridized carbons (Fsp3) is 0.650. The third-order valence-corrected chi connectivity index (χ3v) is 7.36. The van der Waals surface area contributed by atoms with Crippen molar-refractivity contribution in [3.63, 3.8) is 0 Å². The fourth-order valence-electron chi connectivity index (χ4n) is 4.72. The van der Waals surface area contributed by atoms with Gasteiger partial charge in [0.1, 0.15) is 11.2 Å². The van der Waals surface area contributed by atoms with Crippen LogP contribution in [0.1, 0.15) is 43.0 Å². The fourth-order valence-corrected chi connectivity index (χ4v) is 5.70. The van der Waals surface area contributed by atoms with Crippen LogP contribution in [0.5, 0.6) is 0 Å². The molecule has 0 spiro atoms. The van der Waals surface area contributed by atoms with E-state index < -0.39 is 0 Å². The van der Waals surface area contributed by atoms with Crippen molar-refractivity contribution in [2.24, 2.45) is 5.73 Å². The van der Waals surface area contributed by atoms with Crippen molar-refractivity contribution < 1.29 is 4.79 Å². The maximum absolute atomic E-state index is 13.1. The van der Waals surface area contributed by atoms with Crippen molar-refractivity contribution in [1.82, 2.24) is 24.8 Å². The molecule has 0 aliphatic carbocycles. The summed E-state index contributed by atoms with van der Waals surface area (Å²) in [5.41, 5.74) is 8.98. The molecule has 0 saturated carbocycles. The monoisotopic (exact) mass is 415 g/mol. The third-order valence-electron chi connectivity index (χ3n) is 6.22. The van der Waals surface area contributed by atoms with Crippen molar-refractivity contribution in [3.05, 3.63) is 23.5 Å². The molecular weight excluding hydrogens is 386 g/mol. The summed E-state index contributed by atoms with van der Waals surface area (Å²) >= 11 is 1.71. The van der Waals surface area contributed by atoms with E-state index in [1.165, 1.54) is 0 Å². The van der Waals surface area contributed by atoms with E-state index in [9.17, 15) is 4.79 Å². The van der Waals surface area contributed by atoms with Gasteiger partial charge in [-0.15, -0.1) is 11.8 Å². The quantitative estimate of drug-likeness (QED) is 0.780. The maximum Gasteiger partial charge on any atom is 0.250 e. The minimum atomic E-state index is -0.112. The largest absolute Gasteiger partial charge is 0.355 e. The van der Waals surface area contributed by atoms with Crippen molar-refractivity contribution in [2.75, 3.05) is 36.8 Å². The number of carbonyl (C=O) groups is 1. The minimum Gasteiger partial charge on any atom is -0.355 e. The number of aryl methyl sites for hydroxylation is 1. The molecule has 9 heteroatoms. The summed E-state index contributed by atoms with van der Waals surface area (Å²) in [4.78, 5) is 22.3. The van der Waals surface area contributed by atoms with Crippen LogP contribution in [0.15, 0.2) is 12.3 Å². The molecule has 3 N–H and O–H groups in total. The summed E-state index contributed by atoms with van der Waals surface area (Å²) in [5, 5.41) is 8.04. The summed E-state index contributed by atoms with van der Waals surface area (Å²) in [5.74, 6) is 2.19. The lowest BCUT2D eigenvalue weighted by molar-refractivity contribution is -0.135. The molecule has 3 atom stereocenters. The maximum atomic E-state index is 13.1. The molecule has 3 aliphatic rings. The lowest BCUT2D eigenvalue weighted by Crippen LogP contribution is -2.46. The van der Waals surface area contributed by atoms with Crippen LogP contribution in [0, 0.1) is 6.92 Å². The zero-order valence-electron chi connectivity index (χ0n) is 16.9. The van der Waals surface area contributed by atoms with Crippen LogP contribution >= 0.6 is 11.8 Å². The molecule has 1 amide bonds. The Morgan fingerprint density at radius 1 is 1.31 bits per heavy atom. The number of nitrogens with zero attached hydrogens (tertiary/aromatic N) is 5. The molecule has 3 saturated heterocycles. The summed E-state index contributed by atoms with van der Waals surface area (Å²) in [6, 6.07) is 2.31. The number of likely N-dealkylation sites (tertiary alicyclic amines) is 1. The number of nitrogens with one attached hydrogen (secondary N) is 1. The van der Waals surface area contributed by atoms with Gasteiger partial charge >= 0.3 is 0 Å². The van der Waals surface area contributed by atoms with Gasteiger partial charge in [0.25, 0.3) is 5.91 Å². The normalized spacial score (nSPS) is 27.9. The Labute approximate surface area is 175 Å². The Hall–Kier alpha value is -1.84. The Kier molecular flexibility index (Phi) is 5.13. The number of carbonyl (C=O) groups excluding carboxylic acids is 1. The van der Waals surface area contributed by atoms with Gasteiger partial charge in [-0.2, -0.15) is 5.10 Å². The molecule has 8 nitrogen and oxygen atoms in total. The van der Waals surface area contributed by atoms with Crippen LogP contribution in [0.25, 0.3) is 5.65 Å². The number of hydrogen-bond donors (Lipinski definition) is 2. The first-order valence-corrected chi connectivity index (χ1v) is 11.7. The molecule has 29 heavy (non-hydrogen) atoms. The highest BCUT2D eigenvalue weighted by molar-refractivity contribution is 8.00. The molecule has 3 aliphatic heterocycles. The Morgan fingerprint density at radius 3 is 2.97 bits per heavy atom. The SMILES string of the molecule is Cc1cn2nc([C@@H]3CCCCN3C(=O)C3NCCS3)cc2nc1N1CC[C@H](N)C1. The second-order valence-electron chi connectivity index (χ2n) is 8.36. The van der Waals surface area contributed by atoms with Gasteiger partial charge in [0.2, 0.25) is 0 Å². The van der Waals surface area contributed by atoms with Gasteiger partial charge in [0.15, 0.2) is 5.65 Å². The number of anilines is 1. The third kappa shape index (κ3) is 3.60. The molecule has 3 fully saturated rings. The Bertz CT molecular complexity index is 910. The van der Waals surface area contributed by atoms with Gasteiger partial charge < -0.3 is 15.5 Å². The van der Waals surface area contributed by atoms with Gasteiger partial charge in [-0.05, 0) is 32.6 Å². The summed E-state index contributed by atoms with van der Waals surface area (Å²) in [6.07, 6.45) is 6.19. The van der Waals surface area contributed by atoms with Gasteiger partial charge in [0.05, 0.1) is 11.7 Å². The van der Waals surface area contributed by atoms with E-state index in [2.05, 4.69) is 23.2 Å². The van der Waals surface area contributed by atoms with Crippen LogP contribution in [-0.2, 0) is 4.79 Å². The van der Waals surface area contributed by atoms with Crippen molar-refractivity contribution in [1.29, 1.82) is 0 Å². The number of aromatic nitrogens is 3. The molecule has 2 aromatic heterocycles. The second-order valence-corrected chi connectivity index (χ2v) is 9.58. The zero-order chi connectivity index (χ0) is 20.0. The highest BCUT2D eigenvalue weighted by Crippen LogP contribution is 2.33. The number of amides is 1. The van der Waals surface area contributed by atoms with Crippen molar-refractivity contribution in [3.8, 4) is 0 Å². The molecule has 0 bridgehead atoms. The van der Waals surface area contributed by atoms with Crippen LogP contribution < -0.4 is 16.0 Å². The van der Waals surface area contributed by atoms with Gasteiger partial charge in [-0.25, -0.2) is 9.50 Å². The lowest BCUT2D eigenvalue weighted by Gasteiger charge is -2.36. The van der Waals surface area contributed by atoms with Gasteiger partial charge in [-0.1, -0.05) is 0 Å². The zero-order valence-corrected chi connectivity index (χ0v) is 17.7. The molecule has 2 aromatic rings. The standard InChI is InChI=1S/C20H29N7OS/c1-13-11-27-17(23-18(13)25-8-5-14(21)12-25)10-15(24-27)16-4-2-3-7-26(16)20(28)19-22-6-9-29-19/h10-11,14,16,19,22H,2-9,12,21H2,1H3/t14-,16-,19?/m0/s1. The van der Waals surface area contributed by atoms with Crippen LogP contribution in [0.2, 0.25) is 0 Å². The molecule has 156 valence electrons. The molecular formula is C20H29N7OS. The Balaban J connectivity index is 1.44. The summed E-state index contributed by atoms with van der Waals surface area (Å²) < 4.78 is 1.87. The topological polar surface area (TPSA) is 91.8 Å². The first-order valence-electron chi connectivity index (χ1n) is 10.6. The predicted octanol–water partition coefficient (Wildman–Crippen LogP) is 1.29. The number of thioether (sulfide) groups is 1. The van der Waals surface area contributed by atoms with E-state index in [4.69, 9.17) is 15.8 Å². The number of fused-ring (bicyclic) bond motifs is 1. The van der Waals surface area contributed by atoms with E-state index in [0.717, 1.165) is 80.3 Å². The Morgan fingerprint density at radius 2 is 2.21 bits per heavy atom. The first-order chi connectivity index (χ1) is 14.1. The number of hydrogen-bond acceptors (Lipinski definition) is 7. The van der Waals surface area contributed by atoms with E-state index >= 15 is 0 Å². The van der Waals surface area contributed by atoms with Gasteiger partial charge in [-0.3, -0.25) is 10.1 Å². The van der Waals surface area contributed by atoms with E-state index in [1.54, 1.807) is 11.8 Å². The van der Waals surface area contributed by atoms with Crippen molar-refractivity contribution >= 4 is 29.1 Å². The van der Waals surface area contributed by atoms with E-state index in [-0.39, 0.29) is 23.4 Å². The highest BCUT2D eigenvalue weighted by Gasteiger charge is 2.35. The number of nitrogens with two attached hydrogens (primary N) is 1. The highest BCUT2D eigenvalue weighted by atomic mass is 32.2. The molecule has 0 radical (unpaired) electrons. The lowest BCUT2D eigenvalue weighted by atomic mass is 9.99. The number of piperidine rings is 1. The molecule has 0 aromatic carbocycles. The molecule has 5 rings (SSSR count). The van der Waals surface area contributed by atoms with Gasteiger partial charge in [0, 0.05) is 55.8 Å². The number of rotatable bonds is 3. The average Bonchev–Trinajstić information content (AvgIpc) is 3.47. The molecule has 5 heterocycles. The summed E-state index contributed by atoms with van der Waals surface area (Å²) in [6.45, 7) is 5.58. The van der Waals surface area contributed by atoms with Crippen LogP contribution in [-0.4, -0.2) is 68.8 Å². The van der Waals surface area contributed by atoms with E-state index in [1.807, 2.05) is 15.6 Å². The summed E-state index contributed by atoms with van der Waals surface area (Å²) in [7, 11) is 0. The van der Waals surface area contributed by atoms with Crippen molar-refractivity contribution in [2.45, 2.75) is 50.1 Å².